The van der Waals surface area contributed by atoms with Crippen LogP contribution in [-0.2, 0) is 11.2 Å². The van der Waals surface area contributed by atoms with Gasteiger partial charge in [-0.1, -0.05) is 6.07 Å². The number of nitriles is 1. The Labute approximate surface area is 180 Å². The minimum atomic E-state index is -0.415. The Morgan fingerprint density at radius 1 is 1.13 bits per heavy atom. The van der Waals surface area contributed by atoms with Gasteiger partial charge in [0.15, 0.2) is 0 Å². The molecule has 0 unspecified atom stereocenters. The number of nitrogens with one attached hydrogen (secondary N) is 1. The number of piperazine rings is 1. The van der Waals surface area contributed by atoms with E-state index in [9.17, 15) is 24.0 Å². The molecule has 0 saturated carbocycles. The zero-order chi connectivity index (χ0) is 22.7. The van der Waals surface area contributed by atoms with Gasteiger partial charge in [-0.15, -0.1) is 0 Å². The highest BCUT2D eigenvalue weighted by molar-refractivity contribution is 5.94. The average molecular weight is 424 g/mol. The van der Waals surface area contributed by atoms with Gasteiger partial charge in [-0.2, -0.15) is 5.26 Å². The molecular weight excluding hydrogens is 399 g/mol. The molecule has 0 atom stereocenters. The topological polar surface area (TPSA) is 97.3 Å². The van der Waals surface area contributed by atoms with Crippen LogP contribution in [0.3, 0.4) is 0 Å². The lowest BCUT2D eigenvalue weighted by molar-refractivity contribution is -0.132. The van der Waals surface area contributed by atoms with Gasteiger partial charge in [0.1, 0.15) is 17.4 Å². The number of carbonyl (C=O) groups is 2. The van der Waals surface area contributed by atoms with Crippen molar-refractivity contribution >= 4 is 11.8 Å². The molecule has 1 N–H and O–H groups in total. The first-order chi connectivity index (χ1) is 14.7. The van der Waals surface area contributed by atoms with Gasteiger partial charge in [-0.3, -0.25) is 14.4 Å². The molecule has 2 amide bonds. The van der Waals surface area contributed by atoms with E-state index < -0.39 is 11.4 Å². The first kappa shape index (κ1) is 22.2. The summed E-state index contributed by atoms with van der Waals surface area (Å²) in [5, 5.41) is 9.18. The van der Waals surface area contributed by atoms with Crippen molar-refractivity contribution in [2.24, 2.45) is 0 Å². The third-order valence-corrected chi connectivity index (χ3v) is 5.85. The van der Waals surface area contributed by atoms with Gasteiger partial charge < -0.3 is 14.8 Å². The minimum Gasteiger partial charge on any atom is -0.339 e. The predicted molar refractivity (Wildman–Crippen MR) is 113 cm³/mol. The van der Waals surface area contributed by atoms with Gasteiger partial charge in [0.2, 0.25) is 5.91 Å². The average Bonchev–Trinajstić information content (AvgIpc) is 2.75. The SMILES string of the molecule is Cc1ccc(C(=O)N2CCN(C(=O)CCc3c(C)[nH]c(=O)c(C#N)c3C)CC2)cc1F. The lowest BCUT2D eigenvalue weighted by Crippen LogP contribution is -2.50. The van der Waals surface area contributed by atoms with E-state index >= 15 is 0 Å². The van der Waals surface area contributed by atoms with E-state index in [2.05, 4.69) is 4.98 Å². The molecule has 2 aromatic rings. The number of H-pyrrole nitrogens is 1. The number of nitrogens with zero attached hydrogens (tertiary/aromatic N) is 3. The van der Waals surface area contributed by atoms with Crippen molar-refractivity contribution in [2.45, 2.75) is 33.6 Å². The van der Waals surface area contributed by atoms with E-state index in [1.54, 1.807) is 42.7 Å². The number of hydrogen-bond acceptors (Lipinski definition) is 4. The van der Waals surface area contributed by atoms with Crippen LogP contribution in [0, 0.1) is 37.9 Å². The number of benzene rings is 1. The molecule has 0 aliphatic carbocycles. The highest BCUT2D eigenvalue weighted by Crippen LogP contribution is 2.17. The molecule has 1 aliphatic heterocycles. The molecule has 1 fully saturated rings. The molecule has 31 heavy (non-hydrogen) atoms. The Hall–Kier alpha value is -3.47. The van der Waals surface area contributed by atoms with Crippen LogP contribution in [0.5, 0.6) is 0 Å². The van der Waals surface area contributed by atoms with Gasteiger partial charge in [-0.05, 0) is 56.0 Å². The summed E-state index contributed by atoms with van der Waals surface area (Å²) in [7, 11) is 0. The summed E-state index contributed by atoms with van der Waals surface area (Å²) < 4.78 is 13.8. The Bertz CT molecular complexity index is 1120. The highest BCUT2D eigenvalue weighted by Gasteiger charge is 2.25. The molecule has 162 valence electrons. The fourth-order valence-electron chi connectivity index (χ4n) is 3.88. The van der Waals surface area contributed by atoms with Crippen LogP contribution < -0.4 is 5.56 Å². The number of aromatic nitrogens is 1. The van der Waals surface area contributed by atoms with Crippen LogP contribution in [0.15, 0.2) is 23.0 Å². The van der Waals surface area contributed by atoms with Crippen molar-refractivity contribution in [3.05, 3.63) is 67.9 Å². The van der Waals surface area contributed by atoms with Gasteiger partial charge in [0, 0.05) is 43.9 Å². The Morgan fingerprint density at radius 3 is 2.39 bits per heavy atom. The van der Waals surface area contributed by atoms with Crippen molar-refractivity contribution in [3.63, 3.8) is 0 Å². The monoisotopic (exact) mass is 424 g/mol. The molecule has 3 rings (SSSR count). The number of hydrogen-bond donors (Lipinski definition) is 1. The number of aryl methyl sites for hydroxylation is 2. The second-order valence-corrected chi connectivity index (χ2v) is 7.81. The normalized spacial score (nSPS) is 13.8. The number of halogens is 1. The number of carbonyl (C=O) groups excluding carboxylic acids is 2. The maximum absolute atomic E-state index is 13.8. The smallest absolute Gasteiger partial charge is 0.266 e. The maximum Gasteiger partial charge on any atom is 0.266 e. The van der Waals surface area contributed by atoms with Crippen LogP contribution >= 0.6 is 0 Å². The molecule has 8 heteroatoms. The lowest BCUT2D eigenvalue weighted by atomic mass is 9.99. The van der Waals surface area contributed by atoms with Crippen LogP contribution in [0.4, 0.5) is 4.39 Å². The Balaban J connectivity index is 1.59. The van der Waals surface area contributed by atoms with Crippen molar-refractivity contribution in [3.8, 4) is 6.07 Å². The number of aromatic amines is 1. The van der Waals surface area contributed by atoms with E-state index in [1.165, 1.54) is 6.07 Å². The summed E-state index contributed by atoms with van der Waals surface area (Å²) in [6.45, 7) is 6.71. The summed E-state index contributed by atoms with van der Waals surface area (Å²) in [4.78, 5) is 43.1. The van der Waals surface area contributed by atoms with Gasteiger partial charge in [-0.25, -0.2) is 4.39 Å². The van der Waals surface area contributed by atoms with Gasteiger partial charge in [0.05, 0.1) is 0 Å². The van der Waals surface area contributed by atoms with Gasteiger partial charge in [0.25, 0.3) is 11.5 Å². The molecule has 0 bridgehead atoms. The molecular formula is C23H25FN4O3. The third-order valence-electron chi connectivity index (χ3n) is 5.85. The molecule has 7 nitrogen and oxygen atoms in total. The van der Waals surface area contributed by atoms with Crippen LogP contribution in [0.25, 0.3) is 0 Å². The highest BCUT2D eigenvalue weighted by atomic mass is 19.1. The minimum absolute atomic E-state index is 0.0445. The molecule has 1 aromatic heterocycles. The zero-order valence-corrected chi connectivity index (χ0v) is 17.9. The van der Waals surface area contributed by atoms with Gasteiger partial charge >= 0.3 is 0 Å². The third kappa shape index (κ3) is 4.66. The summed E-state index contributed by atoms with van der Waals surface area (Å²) >= 11 is 0. The quantitative estimate of drug-likeness (QED) is 0.814. The van der Waals surface area contributed by atoms with Crippen LogP contribution in [-0.4, -0.2) is 52.8 Å². The molecule has 1 aromatic carbocycles. The largest absolute Gasteiger partial charge is 0.339 e. The summed E-state index contributed by atoms with van der Waals surface area (Å²) in [6, 6.07) is 6.37. The van der Waals surface area contributed by atoms with Crippen molar-refractivity contribution < 1.29 is 14.0 Å². The van der Waals surface area contributed by atoms with Crippen molar-refractivity contribution in [1.29, 1.82) is 5.26 Å². The Kier molecular flexibility index (Phi) is 6.54. The van der Waals surface area contributed by atoms with E-state index in [0.29, 0.717) is 55.0 Å². The first-order valence-electron chi connectivity index (χ1n) is 10.2. The van der Waals surface area contributed by atoms with Crippen molar-refractivity contribution in [1.82, 2.24) is 14.8 Å². The molecule has 0 spiro atoms. The second-order valence-electron chi connectivity index (χ2n) is 7.81. The number of rotatable bonds is 4. The summed E-state index contributed by atoms with van der Waals surface area (Å²) in [5.41, 5.74) is 2.53. The second kappa shape index (κ2) is 9.13. The fraction of sp³-hybridized carbons (Fsp3) is 0.391. The molecule has 0 radical (unpaired) electrons. The number of amides is 2. The predicted octanol–water partition coefficient (Wildman–Crippen LogP) is 2.23. The van der Waals surface area contributed by atoms with Crippen molar-refractivity contribution in [2.75, 3.05) is 26.2 Å². The zero-order valence-electron chi connectivity index (χ0n) is 17.9. The molecule has 2 heterocycles. The molecule has 1 aliphatic rings. The maximum atomic E-state index is 13.8. The standard InChI is InChI=1S/C23H25FN4O3/c1-14-4-5-17(12-20(14)24)23(31)28-10-8-27(9-11-28)21(29)7-6-18-15(2)19(13-25)22(30)26-16(18)3/h4-5,12H,6-11H2,1-3H3,(H,26,30). The summed E-state index contributed by atoms with van der Waals surface area (Å²) in [6.07, 6.45) is 0.666. The lowest BCUT2D eigenvalue weighted by Gasteiger charge is -2.35. The van der Waals surface area contributed by atoms with E-state index in [-0.39, 0.29) is 23.8 Å². The summed E-state index contributed by atoms with van der Waals surface area (Å²) in [5.74, 6) is -0.696. The van der Waals surface area contributed by atoms with E-state index in [0.717, 1.165) is 5.56 Å². The van der Waals surface area contributed by atoms with E-state index in [4.69, 9.17) is 0 Å². The first-order valence-corrected chi connectivity index (χ1v) is 10.2. The van der Waals surface area contributed by atoms with E-state index in [1.807, 2.05) is 6.07 Å². The van der Waals surface area contributed by atoms with Crippen LogP contribution in [0.2, 0.25) is 0 Å². The molecule has 1 saturated heterocycles. The Morgan fingerprint density at radius 2 is 1.77 bits per heavy atom. The van der Waals surface area contributed by atoms with Crippen LogP contribution in [0.1, 0.15) is 44.7 Å². The number of pyridine rings is 1. The fourth-order valence-corrected chi connectivity index (χ4v) is 3.88.